The SMILES string of the molecule is CC(=O)c1ccc(F)cc1OCc1ccc(Cl)cc1Cl. The van der Waals surface area contributed by atoms with Gasteiger partial charge in [0.25, 0.3) is 0 Å². The lowest BCUT2D eigenvalue weighted by Crippen LogP contribution is -2.02. The average molecular weight is 313 g/mol. The fraction of sp³-hybridized carbons (Fsp3) is 0.133. The summed E-state index contributed by atoms with van der Waals surface area (Å²) in [4.78, 5) is 11.5. The molecule has 0 aromatic heterocycles. The Kier molecular flexibility index (Phi) is 4.63. The van der Waals surface area contributed by atoms with Gasteiger partial charge in [0.15, 0.2) is 5.78 Å². The van der Waals surface area contributed by atoms with Crippen molar-refractivity contribution in [3.05, 3.63) is 63.4 Å². The molecular weight excluding hydrogens is 302 g/mol. The van der Waals surface area contributed by atoms with Crippen LogP contribution in [0, 0.1) is 5.82 Å². The first-order valence-corrected chi connectivity index (χ1v) is 6.60. The average Bonchev–Trinajstić information content (AvgIpc) is 2.37. The van der Waals surface area contributed by atoms with Crippen LogP contribution < -0.4 is 4.74 Å². The molecule has 2 rings (SSSR count). The van der Waals surface area contributed by atoms with Crippen molar-refractivity contribution in [2.24, 2.45) is 0 Å². The molecule has 0 radical (unpaired) electrons. The van der Waals surface area contributed by atoms with Crippen molar-refractivity contribution in [3.63, 3.8) is 0 Å². The maximum absolute atomic E-state index is 13.2. The van der Waals surface area contributed by atoms with Crippen molar-refractivity contribution >= 4 is 29.0 Å². The van der Waals surface area contributed by atoms with Gasteiger partial charge < -0.3 is 4.74 Å². The standard InChI is InChI=1S/C15H11Cl2FO2/c1-9(19)13-5-4-12(18)7-15(13)20-8-10-2-3-11(16)6-14(10)17/h2-7H,8H2,1H3. The van der Waals surface area contributed by atoms with Crippen LogP contribution in [0.5, 0.6) is 5.75 Å². The van der Waals surface area contributed by atoms with Gasteiger partial charge in [0.1, 0.15) is 18.2 Å². The molecule has 0 bridgehead atoms. The first kappa shape index (κ1) is 14.8. The Hall–Kier alpha value is -1.58. The number of carbonyl (C=O) groups excluding carboxylic acids is 1. The van der Waals surface area contributed by atoms with Gasteiger partial charge >= 0.3 is 0 Å². The number of ketones is 1. The molecule has 104 valence electrons. The van der Waals surface area contributed by atoms with Gasteiger partial charge in [0.05, 0.1) is 5.56 Å². The van der Waals surface area contributed by atoms with Gasteiger partial charge in [-0.2, -0.15) is 0 Å². The predicted octanol–water partition coefficient (Wildman–Crippen LogP) is 4.91. The number of ether oxygens (including phenoxy) is 1. The second-order valence-electron chi connectivity index (χ2n) is 4.22. The molecule has 0 saturated carbocycles. The molecule has 0 saturated heterocycles. The molecule has 5 heteroatoms. The first-order chi connectivity index (χ1) is 9.47. The molecule has 0 amide bonds. The van der Waals surface area contributed by atoms with Crippen molar-refractivity contribution in [1.82, 2.24) is 0 Å². The minimum atomic E-state index is -0.466. The zero-order valence-electron chi connectivity index (χ0n) is 10.6. The Balaban J connectivity index is 2.22. The lowest BCUT2D eigenvalue weighted by Gasteiger charge is -2.11. The predicted molar refractivity (Wildman–Crippen MR) is 77.2 cm³/mol. The Labute approximate surface area is 126 Å². The lowest BCUT2D eigenvalue weighted by molar-refractivity contribution is 0.101. The molecule has 0 aliphatic rings. The topological polar surface area (TPSA) is 26.3 Å². The smallest absolute Gasteiger partial charge is 0.163 e. The molecule has 0 fully saturated rings. The number of carbonyl (C=O) groups is 1. The van der Waals surface area contributed by atoms with Crippen molar-refractivity contribution in [2.45, 2.75) is 13.5 Å². The summed E-state index contributed by atoms with van der Waals surface area (Å²) in [5, 5.41) is 0.979. The van der Waals surface area contributed by atoms with E-state index in [9.17, 15) is 9.18 Å². The Bertz CT molecular complexity index is 656. The van der Waals surface area contributed by atoms with Gasteiger partial charge in [-0.25, -0.2) is 4.39 Å². The molecule has 2 aromatic carbocycles. The van der Waals surface area contributed by atoms with E-state index in [-0.39, 0.29) is 18.1 Å². The van der Waals surface area contributed by atoms with Gasteiger partial charge in [0, 0.05) is 21.7 Å². The molecule has 0 aliphatic carbocycles. The fourth-order valence-electron chi connectivity index (χ4n) is 1.70. The Morgan fingerprint density at radius 1 is 1.20 bits per heavy atom. The summed E-state index contributed by atoms with van der Waals surface area (Å²) in [5.74, 6) is -0.460. The van der Waals surface area contributed by atoms with Gasteiger partial charge in [-0.05, 0) is 31.2 Å². The van der Waals surface area contributed by atoms with Crippen molar-refractivity contribution in [1.29, 1.82) is 0 Å². The fourth-order valence-corrected chi connectivity index (χ4v) is 2.16. The zero-order valence-corrected chi connectivity index (χ0v) is 12.1. The molecule has 2 aromatic rings. The highest BCUT2D eigenvalue weighted by molar-refractivity contribution is 6.35. The van der Waals surface area contributed by atoms with E-state index >= 15 is 0 Å². The highest BCUT2D eigenvalue weighted by atomic mass is 35.5. The zero-order chi connectivity index (χ0) is 14.7. The van der Waals surface area contributed by atoms with E-state index in [0.29, 0.717) is 21.2 Å². The highest BCUT2D eigenvalue weighted by Crippen LogP contribution is 2.25. The Morgan fingerprint density at radius 2 is 1.95 bits per heavy atom. The van der Waals surface area contributed by atoms with E-state index in [4.69, 9.17) is 27.9 Å². The van der Waals surface area contributed by atoms with Crippen LogP contribution >= 0.6 is 23.2 Å². The summed E-state index contributed by atoms with van der Waals surface area (Å²) in [5.41, 5.74) is 1.03. The molecule has 0 heterocycles. The Morgan fingerprint density at radius 3 is 2.60 bits per heavy atom. The van der Waals surface area contributed by atoms with Gasteiger partial charge in [-0.3, -0.25) is 4.79 Å². The van der Waals surface area contributed by atoms with Crippen molar-refractivity contribution in [3.8, 4) is 5.75 Å². The normalized spacial score (nSPS) is 10.4. The van der Waals surface area contributed by atoms with Crippen LogP contribution in [-0.2, 0) is 6.61 Å². The molecule has 20 heavy (non-hydrogen) atoms. The third-order valence-corrected chi connectivity index (χ3v) is 3.31. The third kappa shape index (κ3) is 3.50. The van der Waals surface area contributed by atoms with Gasteiger partial charge in [-0.1, -0.05) is 29.3 Å². The second-order valence-corrected chi connectivity index (χ2v) is 5.06. The molecule has 0 atom stereocenters. The van der Waals surface area contributed by atoms with E-state index in [1.807, 2.05) is 0 Å². The molecule has 0 N–H and O–H groups in total. The van der Waals surface area contributed by atoms with Crippen molar-refractivity contribution in [2.75, 3.05) is 0 Å². The van der Waals surface area contributed by atoms with Crippen LogP contribution in [0.3, 0.4) is 0 Å². The number of benzene rings is 2. The largest absolute Gasteiger partial charge is 0.488 e. The molecule has 2 nitrogen and oxygen atoms in total. The summed E-state index contributed by atoms with van der Waals surface area (Å²) in [6, 6.07) is 8.80. The number of rotatable bonds is 4. The number of halogens is 3. The quantitative estimate of drug-likeness (QED) is 0.749. The van der Waals surface area contributed by atoms with Crippen LogP contribution in [0.25, 0.3) is 0 Å². The number of Topliss-reactive ketones (excluding diaryl/α,β-unsaturated/α-hetero) is 1. The summed E-state index contributed by atoms with van der Waals surface area (Å²) in [6.07, 6.45) is 0. The number of hydrogen-bond donors (Lipinski definition) is 0. The summed E-state index contributed by atoms with van der Waals surface area (Å²) >= 11 is 11.8. The molecule has 0 unspecified atom stereocenters. The first-order valence-electron chi connectivity index (χ1n) is 5.84. The van der Waals surface area contributed by atoms with Crippen LogP contribution in [0.4, 0.5) is 4.39 Å². The number of hydrogen-bond acceptors (Lipinski definition) is 2. The van der Waals surface area contributed by atoms with Crippen LogP contribution in [0.2, 0.25) is 10.0 Å². The second kappa shape index (κ2) is 6.25. The van der Waals surface area contributed by atoms with E-state index in [1.165, 1.54) is 25.1 Å². The van der Waals surface area contributed by atoms with Gasteiger partial charge in [0.2, 0.25) is 0 Å². The summed E-state index contributed by atoms with van der Waals surface area (Å²) in [7, 11) is 0. The molecular formula is C15H11Cl2FO2. The lowest BCUT2D eigenvalue weighted by atomic mass is 10.1. The minimum Gasteiger partial charge on any atom is -0.488 e. The maximum Gasteiger partial charge on any atom is 0.163 e. The van der Waals surface area contributed by atoms with E-state index in [2.05, 4.69) is 0 Å². The van der Waals surface area contributed by atoms with Crippen molar-refractivity contribution < 1.29 is 13.9 Å². The summed E-state index contributed by atoms with van der Waals surface area (Å²) in [6.45, 7) is 1.52. The monoisotopic (exact) mass is 312 g/mol. The van der Waals surface area contributed by atoms with Crippen LogP contribution in [0.1, 0.15) is 22.8 Å². The van der Waals surface area contributed by atoms with E-state index in [1.54, 1.807) is 18.2 Å². The van der Waals surface area contributed by atoms with E-state index in [0.717, 1.165) is 0 Å². The van der Waals surface area contributed by atoms with Crippen LogP contribution in [-0.4, -0.2) is 5.78 Å². The van der Waals surface area contributed by atoms with Crippen LogP contribution in [0.15, 0.2) is 36.4 Å². The third-order valence-electron chi connectivity index (χ3n) is 2.72. The minimum absolute atomic E-state index is 0.125. The maximum atomic E-state index is 13.2. The van der Waals surface area contributed by atoms with Gasteiger partial charge in [-0.15, -0.1) is 0 Å². The molecule has 0 spiro atoms. The molecule has 0 aliphatic heterocycles. The highest BCUT2D eigenvalue weighted by Gasteiger charge is 2.11. The summed E-state index contributed by atoms with van der Waals surface area (Å²) < 4.78 is 18.7. The van der Waals surface area contributed by atoms with E-state index < -0.39 is 5.82 Å².